The predicted molar refractivity (Wildman–Crippen MR) is 69.8 cm³/mol. The van der Waals surface area contributed by atoms with Gasteiger partial charge in [0.05, 0.1) is 0 Å². The van der Waals surface area contributed by atoms with Crippen molar-refractivity contribution >= 4 is 23.2 Å². The lowest BCUT2D eigenvalue weighted by Crippen LogP contribution is -2.14. The van der Waals surface area contributed by atoms with E-state index in [1.165, 1.54) is 6.92 Å². The zero-order valence-corrected chi connectivity index (χ0v) is 10.5. The number of carbonyl (C=O) groups is 2. The zero-order valence-electron chi connectivity index (χ0n) is 10.5. The van der Waals surface area contributed by atoms with E-state index in [0.29, 0.717) is 17.2 Å². The Kier molecular flexibility index (Phi) is 3.56. The summed E-state index contributed by atoms with van der Waals surface area (Å²) in [7, 11) is 0. The van der Waals surface area contributed by atoms with Gasteiger partial charge in [-0.3, -0.25) is 14.7 Å². The van der Waals surface area contributed by atoms with Gasteiger partial charge >= 0.3 is 0 Å². The molecule has 0 radical (unpaired) electrons. The van der Waals surface area contributed by atoms with Gasteiger partial charge in [0.25, 0.3) is 5.91 Å². The molecule has 19 heavy (non-hydrogen) atoms. The highest BCUT2D eigenvalue weighted by Gasteiger charge is 2.11. The van der Waals surface area contributed by atoms with Crippen LogP contribution < -0.4 is 10.6 Å². The van der Waals surface area contributed by atoms with Gasteiger partial charge in [-0.25, -0.2) is 4.98 Å². The standard InChI is InChI=1S/C12H13N5O2/c1-7-13-11(17-16-7)12(19)15-10-5-3-4-9(6-10)14-8(2)18/h3-6H,1-2H3,(H,14,18)(H,15,19)(H,13,16,17). The van der Waals surface area contributed by atoms with E-state index in [2.05, 4.69) is 25.8 Å². The van der Waals surface area contributed by atoms with Crippen molar-refractivity contribution in [1.82, 2.24) is 15.2 Å². The van der Waals surface area contributed by atoms with Gasteiger partial charge in [0.15, 0.2) is 0 Å². The lowest BCUT2D eigenvalue weighted by Gasteiger charge is -2.06. The number of anilines is 2. The number of rotatable bonds is 3. The van der Waals surface area contributed by atoms with Gasteiger partial charge < -0.3 is 10.6 Å². The number of aromatic nitrogens is 3. The second kappa shape index (κ2) is 5.30. The summed E-state index contributed by atoms with van der Waals surface area (Å²) in [6.07, 6.45) is 0. The van der Waals surface area contributed by atoms with E-state index in [4.69, 9.17) is 0 Å². The highest BCUT2D eigenvalue weighted by molar-refractivity contribution is 6.02. The Morgan fingerprint density at radius 2 is 1.89 bits per heavy atom. The van der Waals surface area contributed by atoms with E-state index >= 15 is 0 Å². The smallest absolute Gasteiger partial charge is 0.295 e. The third-order valence-electron chi connectivity index (χ3n) is 2.24. The average Bonchev–Trinajstić information content (AvgIpc) is 2.75. The van der Waals surface area contributed by atoms with Crippen molar-refractivity contribution in [3.05, 3.63) is 35.9 Å². The molecule has 0 spiro atoms. The summed E-state index contributed by atoms with van der Waals surface area (Å²) in [6.45, 7) is 3.13. The summed E-state index contributed by atoms with van der Waals surface area (Å²) in [5, 5.41) is 11.6. The van der Waals surface area contributed by atoms with Crippen molar-refractivity contribution in [2.45, 2.75) is 13.8 Å². The van der Waals surface area contributed by atoms with Crippen molar-refractivity contribution in [2.75, 3.05) is 10.6 Å². The molecule has 0 saturated carbocycles. The van der Waals surface area contributed by atoms with Crippen LogP contribution in [0.4, 0.5) is 11.4 Å². The number of H-pyrrole nitrogens is 1. The van der Waals surface area contributed by atoms with E-state index < -0.39 is 5.91 Å². The third kappa shape index (κ3) is 3.38. The Morgan fingerprint density at radius 3 is 2.47 bits per heavy atom. The number of amides is 2. The zero-order chi connectivity index (χ0) is 13.8. The van der Waals surface area contributed by atoms with Crippen LogP contribution in [0.5, 0.6) is 0 Å². The molecule has 2 aromatic rings. The second-order valence-corrected chi connectivity index (χ2v) is 3.96. The molecule has 0 bridgehead atoms. The summed E-state index contributed by atoms with van der Waals surface area (Å²) in [5.74, 6) is 0.0528. The number of nitrogens with one attached hydrogen (secondary N) is 3. The van der Waals surface area contributed by atoms with Crippen LogP contribution in [0.25, 0.3) is 0 Å². The van der Waals surface area contributed by atoms with Crippen molar-refractivity contribution in [3.8, 4) is 0 Å². The first-order chi connectivity index (χ1) is 9.04. The second-order valence-electron chi connectivity index (χ2n) is 3.96. The molecule has 2 rings (SSSR count). The molecule has 0 fully saturated rings. The summed E-state index contributed by atoms with van der Waals surface area (Å²) < 4.78 is 0. The number of aryl methyl sites for hydroxylation is 1. The lowest BCUT2D eigenvalue weighted by atomic mass is 10.2. The number of benzene rings is 1. The molecule has 0 atom stereocenters. The van der Waals surface area contributed by atoms with Gasteiger partial charge in [0, 0.05) is 18.3 Å². The van der Waals surface area contributed by atoms with Crippen LogP contribution in [0.2, 0.25) is 0 Å². The minimum absolute atomic E-state index is 0.0717. The first-order valence-electron chi connectivity index (χ1n) is 5.62. The molecule has 0 saturated heterocycles. The molecule has 7 nitrogen and oxygen atoms in total. The average molecular weight is 259 g/mol. The molecule has 2 amide bonds. The van der Waals surface area contributed by atoms with Crippen LogP contribution in [0, 0.1) is 6.92 Å². The van der Waals surface area contributed by atoms with Crippen molar-refractivity contribution in [1.29, 1.82) is 0 Å². The van der Waals surface area contributed by atoms with Gasteiger partial charge in [-0.15, -0.1) is 5.10 Å². The Hall–Kier alpha value is -2.70. The van der Waals surface area contributed by atoms with Crippen molar-refractivity contribution in [2.24, 2.45) is 0 Å². The molecule has 0 aliphatic carbocycles. The molecule has 0 aliphatic rings. The van der Waals surface area contributed by atoms with E-state index in [1.807, 2.05) is 0 Å². The predicted octanol–water partition coefficient (Wildman–Crippen LogP) is 1.32. The molecule has 1 aromatic heterocycles. The molecule has 1 aromatic carbocycles. The maximum Gasteiger partial charge on any atom is 0.295 e. The molecule has 7 heteroatoms. The number of hydrogen-bond acceptors (Lipinski definition) is 4. The summed E-state index contributed by atoms with van der Waals surface area (Å²) in [4.78, 5) is 26.7. The number of hydrogen-bond donors (Lipinski definition) is 3. The Labute approximate surface area is 109 Å². The maximum absolute atomic E-state index is 11.8. The maximum atomic E-state index is 11.8. The van der Waals surface area contributed by atoms with Crippen molar-refractivity contribution < 1.29 is 9.59 Å². The third-order valence-corrected chi connectivity index (χ3v) is 2.24. The van der Waals surface area contributed by atoms with Crippen LogP contribution >= 0.6 is 0 Å². The molecule has 98 valence electrons. The number of aromatic amines is 1. The van der Waals surface area contributed by atoms with E-state index in [1.54, 1.807) is 31.2 Å². The quantitative estimate of drug-likeness (QED) is 0.774. The topological polar surface area (TPSA) is 99.8 Å². The SMILES string of the molecule is CC(=O)Nc1cccc(NC(=O)c2n[nH]c(C)n2)c1. The van der Waals surface area contributed by atoms with Gasteiger partial charge in [0.2, 0.25) is 11.7 Å². The Balaban J connectivity index is 2.10. The molecule has 0 unspecified atom stereocenters. The summed E-state index contributed by atoms with van der Waals surface area (Å²) in [5.41, 5.74) is 1.16. The summed E-state index contributed by atoms with van der Waals surface area (Å²) in [6, 6.07) is 6.82. The normalized spacial score (nSPS) is 10.0. The fourth-order valence-corrected chi connectivity index (χ4v) is 1.51. The van der Waals surface area contributed by atoms with E-state index in [9.17, 15) is 9.59 Å². The molecule has 3 N–H and O–H groups in total. The number of carbonyl (C=O) groups excluding carboxylic acids is 2. The fourth-order valence-electron chi connectivity index (χ4n) is 1.51. The minimum Gasteiger partial charge on any atom is -0.326 e. The first kappa shape index (κ1) is 12.7. The first-order valence-corrected chi connectivity index (χ1v) is 5.62. The van der Waals surface area contributed by atoms with Crippen LogP contribution in [-0.2, 0) is 4.79 Å². The molecule has 1 heterocycles. The highest BCUT2D eigenvalue weighted by atomic mass is 16.2. The van der Waals surface area contributed by atoms with Gasteiger partial charge in [0.1, 0.15) is 5.82 Å². The van der Waals surface area contributed by atoms with Crippen LogP contribution in [0.1, 0.15) is 23.4 Å². The fraction of sp³-hybridized carbons (Fsp3) is 0.167. The number of nitrogens with zero attached hydrogens (tertiary/aromatic N) is 2. The van der Waals surface area contributed by atoms with Crippen LogP contribution in [0.15, 0.2) is 24.3 Å². The largest absolute Gasteiger partial charge is 0.326 e. The monoisotopic (exact) mass is 259 g/mol. The minimum atomic E-state index is -0.413. The summed E-state index contributed by atoms with van der Waals surface area (Å²) >= 11 is 0. The molecule has 0 aliphatic heterocycles. The van der Waals surface area contributed by atoms with Crippen molar-refractivity contribution in [3.63, 3.8) is 0 Å². The van der Waals surface area contributed by atoms with Crippen LogP contribution in [0.3, 0.4) is 0 Å². The lowest BCUT2D eigenvalue weighted by molar-refractivity contribution is -0.114. The van der Waals surface area contributed by atoms with Gasteiger partial charge in [-0.1, -0.05) is 6.07 Å². The van der Waals surface area contributed by atoms with Gasteiger partial charge in [-0.2, -0.15) is 0 Å². The molecular weight excluding hydrogens is 246 g/mol. The van der Waals surface area contributed by atoms with Gasteiger partial charge in [-0.05, 0) is 25.1 Å². The Morgan fingerprint density at radius 1 is 1.21 bits per heavy atom. The van der Waals surface area contributed by atoms with E-state index in [0.717, 1.165) is 0 Å². The Bertz CT molecular complexity index is 620. The van der Waals surface area contributed by atoms with E-state index in [-0.39, 0.29) is 11.7 Å². The molecular formula is C12H13N5O2. The highest BCUT2D eigenvalue weighted by Crippen LogP contribution is 2.15. The van der Waals surface area contributed by atoms with Crippen LogP contribution in [-0.4, -0.2) is 27.0 Å².